The van der Waals surface area contributed by atoms with Crippen molar-refractivity contribution < 1.29 is 19.0 Å². The molecule has 8 radical (unpaired) electrons. The van der Waals surface area contributed by atoms with E-state index in [1.54, 1.807) is 0 Å². The molecule has 0 amide bonds. The van der Waals surface area contributed by atoms with Gasteiger partial charge in [-0.05, 0) is 0 Å². The molecule has 6 nitrogen and oxygen atoms in total. The summed E-state index contributed by atoms with van der Waals surface area (Å²) < 4.78 is 36.1. The van der Waals surface area contributed by atoms with E-state index in [0.29, 0.717) is 26.2 Å². The standard InChI is InChI=1S/C2H4O2.2H2O.2O.4Pb.H/c1-2(3)4;;;;;;;;;/h1H3,(H,3,4);2*1H2;;;;;;;/q;;;;;;3*+1;/p-3. The summed E-state index contributed by atoms with van der Waals surface area (Å²) in [6.45, 7) is 1.40. The Hall–Kier alpha value is 2.68. The van der Waals surface area contributed by atoms with Gasteiger partial charge >= 0.3 is 107 Å². The molecule has 0 aromatic heterocycles. The summed E-state index contributed by atoms with van der Waals surface area (Å²) in [5.41, 5.74) is 0. The number of carbonyl (C=O) groups is 1. The minimum absolute atomic E-state index is 0. The zero-order chi connectivity index (χ0) is 9.70. The monoisotopic (exact) mass is 958 g/mol. The zero-order valence-electron chi connectivity index (χ0n) is 6.10. The molecule has 66 valence electrons. The summed E-state index contributed by atoms with van der Waals surface area (Å²) >= 11 is -3.97. The molecule has 0 aliphatic rings. The number of hydrogen-bond donors (Lipinski definition) is 2. The van der Waals surface area contributed by atoms with Gasteiger partial charge in [-0.1, -0.05) is 0 Å². The first kappa shape index (κ1) is 24.1. The minimum atomic E-state index is -2.17. The van der Waals surface area contributed by atoms with Crippen molar-refractivity contribution >= 4 is 109 Å². The summed E-state index contributed by atoms with van der Waals surface area (Å²) in [7, 11) is 0. The smallest absolute Gasteiger partial charge is 0 e. The molecule has 0 aromatic rings. The Morgan fingerprint density at radius 3 is 1.42 bits per heavy atom. The maximum absolute atomic E-state index is 9.63. The Kier molecular flexibility index (Phi) is 58.6. The van der Waals surface area contributed by atoms with Gasteiger partial charge in [-0.25, -0.2) is 0 Å². The van der Waals surface area contributed by atoms with Crippen molar-refractivity contribution in [3.05, 3.63) is 0 Å². The van der Waals surface area contributed by atoms with Crippen LogP contribution in [0, 0.1) is 0 Å². The molecular formula is C2H6O6Pb4. The van der Waals surface area contributed by atoms with Crippen molar-refractivity contribution in [1.82, 2.24) is 0 Å². The maximum atomic E-state index is 9.63. The molecule has 0 rings (SSSR count). The maximum Gasteiger partial charge on any atom is 0 e. The zero-order valence-corrected chi connectivity index (χ0v) is 22.3. The fourth-order valence-electron chi connectivity index (χ4n) is 0. The minimum Gasteiger partial charge on any atom is 0 e. The van der Waals surface area contributed by atoms with Crippen molar-refractivity contribution in [3.63, 3.8) is 0 Å². The molecule has 0 saturated heterocycles. The van der Waals surface area contributed by atoms with Crippen molar-refractivity contribution in [1.29, 1.82) is 0 Å². The molecule has 0 unspecified atom stereocenters. The van der Waals surface area contributed by atoms with Crippen LogP contribution in [0.5, 0.6) is 0 Å². The van der Waals surface area contributed by atoms with Crippen LogP contribution in [0.3, 0.4) is 0 Å². The van der Waals surface area contributed by atoms with Crippen LogP contribution in [0.4, 0.5) is 0 Å². The molecule has 0 aromatic carbocycles. The van der Waals surface area contributed by atoms with Crippen LogP contribution >= 0.6 is 0 Å². The third kappa shape index (κ3) is 79.0. The van der Waals surface area contributed by atoms with Crippen LogP contribution in [0.25, 0.3) is 0 Å². The second kappa shape index (κ2) is 29.2. The van der Waals surface area contributed by atoms with Gasteiger partial charge in [0.25, 0.3) is 0 Å². The van der Waals surface area contributed by atoms with Crippen LogP contribution in [-0.2, 0) is 12.9 Å². The second-order valence-corrected chi connectivity index (χ2v) is 3.13. The van der Waals surface area contributed by atoms with Crippen LogP contribution in [0.15, 0.2) is 0 Å². The molecular weight excluding hydrogens is 949 g/mol. The molecule has 0 heterocycles. The van der Waals surface area contributed by atoms with Crippen LogP contribution in [-0.4, -0.2) is 115 Å². The van der Waals surface area contributed by atoms with Gasteiger partial charge in [0.2, 0.25) is 0 Å². The van der Waals surface area contributed by atoms with E-state index in [2.05, 4.69) is 2.69 Å². The summed E-state index contributed by atoms with van der Waals surface area (Å²) in [6.07, 6.45) is 0. The molecule has 2 N–H and O–H groups in total. The Morgan fingerprint density at radius 1 is 1.33 bits per heavy atom. The van der Waals surface area contributed by atoms with E-state index >= 15 is 0 Å². The molecule has 0 bridgehead atoms. The third-order valence-corrected chi connectivity index (χ3v) is 1.46. The fraction of sp³-hybridized carbons (Fsp3) is 0.500. The van der Waals surface area contributed by atoms with Gasteiger partial charge in [0.15, 0.2) is 0 Å². The summed E-state index contributed by atoms with van der Waals surface area (Å²) in [6, 6.07) is 0. The Balaban J connectivity index is -0.0000000406. The average molecular weight is 955 g/mol. The Bertz CT molecular complexity index is 99.7. The van der Waals surface area contributed by atoms with Crippen LogP contribution in [0.2, 0.25) is 0 Å². The molecule has 0 fully saturated rings. The van der Waals surface area contributed by atoms with Crippen molar-refractivity contribution in [2.45, 2.75) is 6.92 Å². The molecule has 0 atom stereocenters. The van der Waals surface area contributed by atoms with Crippen molar-refractivity contribution in [3.8, 4) is 0 Å². The van der Waals surface area contributed by atoms with E-state index < -0.39 is 49.4 Å². The van der Waals surface area contributed by atoms with E-state index in [4.69, 9.17) is 11.5 Å². The fourth-order valence-corrected chi connectivity index (χ4v) is 0. The first-order valence-electron chi connectivity index (χ1n) is 2.00. The largest absolute Gasteiger partial charge is 0 e. The second-order valence-electron chi connectivity index (χ2n) is 0.792. The van der Waals surface area contributed by atoms with Gasteiger partial charge in [0, 0.05) is 27.3 Å². The van der Waals surface area contributed by atoms with Gasteiger partial charge in [0.05, 0.1) is 0 Å². The summed E-state index contributed by atoms with van der Waals surface area (Å²) in [5, 5.41) is 0. The third-order valence-electron chi connectivity index (χ3n) is 0.166. The molecule has 10 heteroatoms. The van der Waals surface area contributed by atoms with E-state index in [-0.39, 0.29) is 33.3 Å². The Labute approximate surface area is 132 Å². The molecule has 0 aliphatic heterocycles. The quantitative estimate of drug-likeness (QED) is 0.250. The summed E-state index contributed by atoms with van der Waals surface area (Å²) in [4.78, 5) is 9.63. The van der Waals surface area contributed by atoms with Gasteiger partial charge in [0.1, 0.15) is 0 Å². The predicted octanol–water partition coefficient (Wildman–Crippen LogP) is -3.13. The van der Waals surface area contributed by atoms with E-state index in [1.165, 1.54) is 6.92 Å². The predicted molar refractivity (Wildman–Crippen MR) is 42.0 cm³/mol. The SMILES string of the molecule is CC(=O)[O][PbH].[O]=[Pb][OH].[O]=[Pb][OH].[Pb]. The van der Waals surface area contributed by atoms with Crippen molar-refractivity contribution in [2.24, 2.45) is 0 Å². The summed E-state index contributed by atoms with van der Waals surface area (Å²) in [5.74, 6) is -0.171. The first-order valence-corrected chi connectivity index (χ1v) is 10.5. The van der Waals surface area contributed by atoms with E-state index in [9.17, 15) is 4.79 Å². The number of carbonyl (C=O) groups excluding carboxylic acids is 1. The molecule has 0 spiro atoms. The Morgan fingerprint density at radius 2 is 1.42 bits per heavy atom. The van der Waals surface area contributed by atoms with Gasteiger partial charge in [-0.15, -0.1) is 0 Å². The van der Waals surface area contributed by atoms with Gasteiger partial charge < -0.3 is 0 Å². The molecule has 12 heavy (non-hydrogen) atoms. The molecule has 0 saturated carbocycles. The molecule has 0 aliphatic carbocycles. The van der Waals surface area contributed by atoms with Crippen LogP contribution in [0.1, 0.15) is 6.92 Å². The number of hydrogen-bond acceptors (Lipinski definition) is 4. The van der Waals surface area contributed by atoms with Crippen LogP contribution < -0.4 is 0 Å². The van der Waals surface area contributed by atoms with Crippen molar-refractivity contribution in [2.75, 3.05) is 0 Å². The average Bonchev–Trinajstić information content (AvgIpc) is 1.91. The van der Waals surface area contributed by atoms with Gasteiger partial charge in [-0.3, -0.25) is 0 Å². The van der Waals surface area contributed by atoms with E-state index in [1.807, 2.05) is 0 Å². The number of rotatable bonds is 0. The first-order chi connectivity index (χ1) is 5.10. The van der Waals surface area contributed by atoms with E-state index in [0.717, 1.165) is 0 Å². The normalized spacial score (nSPS) is 5.00. The topological polar surface area (TPSA) is 101 Å². The van der Waals surface area contributed by atoms with Gasteiger partial charge in [-0.2, -0.15) is 0 Å².